The summed E-state index contributed by atoms with van der Waals surface area (Å²) in [4.78, 5) is 0. The van der Waals surface area contributed by atoms with E-state index in [0.717, 1.165) is 6.07 Å². The number of halogens is 4. The van der Waals surface area contributed by atoms with Crippen LogP contribution in [0.5, 0.6) is 0 Å². The van der Waals surface area contributed by atoms with Gasteiger partial charge in [0.2, 0.25) is 0 Å². The maximum atomic E-state index is 13.7. The van der Waals surface area contributed by atoms with Crippen LogP contribution in [0.15, 0.2) is 22.7 Å². The van der Waals surface area contributed by atoms with Crippen LogP contribution in [0.1, 0.15) is 5.56 Å². The Balaban J connectivity index is 2.39. The molecule has 1 N–H and O–H groups in total. The van der Waals surface area contributed by atoms with Crippen LogP contribution in [0.4, 0.5) is 13.2 Å². The van der Waals surface area contributed by atoms with Crippen LogP contribution in [0, 0.1) is 11.7 Å². The molecule has 1 aromatic rings. The molecule has 0 amide bonds. The van der Waals surface area contributed by atoms with Crippen molar-refractivity contribution in [3.63, 3.8) is 0 Å². The second kappa shape index (κ2) is 3.79. The molecule has 82 valence electrons. The fraction of sp³-hybridized carbons (Fsp3) is 0.400. The van der Waals surface area contributed by atoms with Crippen molar-refractivity contribution in [2.45, 2.75) is 5.92 Å². The van der Waals surface area contributed by atoms with Crippen LogP contribution < -0.4 is 5.32 Å². The van der Waals surface area contributed by atoms with Gasteiger partial charge in [-0.15, -0.1) is 0 Å². The van der Waals surface area contributed by atoms with Crippen molar-refractivity contribution in [3.05, 3.63) is 34.1 Å². The zero-order valence-electron chi connectivity index (χ0n) is 7.74. The van der Waals surface area contributed by atoms with E-state index in [1.807, 2.05) is 0 Å². The lowest BCUT2D eigenvalue weighted by Gasteiger charge is -2.34. The Morgan fingerprint density at radius 2 is 2.00 bits per heavy atom. The first-order valence-corrected chi connectivity index (χ1v) is 5.36. The molecular weight excluding hydrogens is 271 g/mol. The average Bonchev–Trinajstić information content (AvgIpc) is 2.05. The molecule has 0 aromatic heterocycles. The molecule has 0 aliphatic carbocycles. The van der Waals surface area contributed by atoms with Gasteiger partial charge in [0.05, 0.1) is 16.0 Å². The fourth-order valence-electron chi connectivity index (χ4n) is 1.53. The monoisotopic (exact) mass is 279 g/mol. The molecule has 1 aromatic carbocycles. The summed E-state index contributed by atoms with van der Waals surface area (Å²) in [5.74, 6) is -4.77. The molecule has 0 bridgehead atoms. The van der Waals surface area contributed by atoms with Gasteiger partial charge in [-0.3, -0.25) is 0 Å². The largest absolute Gasteiger partial charge is 0.316 e. The van der Waals surface area contributed by atoms with Gasteiger partial charge in [0.25, 0.3) is 5.92 Å². The summed E-state index contributed by atoms with van der Waals surface area (Å²) in [7, 11) is 0. The van der Waals surface area contributed by atoms with Gasteiger partial charge >= 0.3 is 0 Å². The van der Waals surface area contributed by atoms with Crippen LogP contribution in [0.25, 0.3) is 0 Å². The lowest BCUT2D eigenvalue weighted by Crippen LogP contribution is -2.50. The predicted octanol–water partition coefficient (Wildman–Crippen LogP) is 2.90. The van der Waals surface area contributed by atoms with Crippen molar-refractivity contribution in [1.82, 2.24) is 5.32 Å². The Bertz CT molecular complexity index is 377. The molecule has 1 fully saturated rings. The van der Waals surface area contributed by atoms with Crippen molar-refractivity contribution in [2.75, 3.05) is 13.1 Å². The van der Waals surface area contributed by atoms with Crippen LogP contribution in [-0.4, -0.2) is 13.1 Å². The van der Waals surface area contributed by atoms with Gasteiger partial charge in [-0.1, -0.05) is 6.07 Å². The molecule has 0 atom stereocenters. The highest BCUT2D eigenvalue weighted by Gasteiger charge is 2.46. The van der Waals surface area contributed by atoms with E-state index >= 15 is 0 Å². The fourth-order valence-corrected chi connectivity index (χ4v) is 1.89. The number of hydrogen-bond donors (Lipinski definition) is 1. The molecule has 1 aliphatic rings. The summed E-state index contributed by atoms with van der Waals surface area (Å²) in [6.07, 6.45) is 0. The van der Waals surface area contributed by atoms with Crippen molar-refractivity contribution < 1.29 is 13.2 Å². The van der Waals surface area contributed by atoms with E-state index in [9.17, 15) is 13.2 Å². The van der Waals surface area contributed by atoms with Gasteiger partial charge < -0.3 is 5.32 Å². The van der Waals surface area contributed by atoms with Gasteiger partial charge in [-0.2, -0.15) is 0 Å². The molecule has 0 radical (unpaired) electrons. The Morgan fingerprint density at radius 1 is 1.33 bits per heavy atom. The molecule has 1 heterocycles. The summed E-state index contributed by atoms with van der Waals surface area (Å²) < 4.78 is 41.0. The summed E-state index contributed by atoms with van der Waals surface area (Å²) in [5, 5.41) is 2.76. The molecule has 1 saturated heterocycles. The SMILES string of the molecule is Fc1c(Br)cccc1C(F)(F)C1CNC1. The lowest BCUT2D eigenvalue weighted by molar-refractivity contribution is -0.0860. The van der Waals surface area contributed by atoms with E-state index in [1.165, 1.54) is 12.1 Å². The quantitative estimate of drug-likeness (QED) is 0.878. The van der Waals surface area contributed by atoms with Gasteiger partial charge in [0, 0.05) is 13.1 Å². The van der Waals surface area contributed by atoms with E-state index in [1.54, 1.807) is 0 Å². The number of hydrogen-bond acceptors (Lipinski definition) is 1. The summed E-state index contributed by atoms with van der Waals surface area (Å²) in [6.45, 7) is 0.470. The number of nitrogens with one attached hydrogen (secondary N) is 1. The third kappa shape index (κ3) is 1.78. The Morgan fingerprint density at radius 3 is 2.53 bits per heavy atom. The predicted molar refractivity (Wildman–Crippen MR) is 54.4 cm³/mol. The highest BCUT2D eigenvalue weighted by atomic mass is 79.9. The number of benzene rings is 1. The van der Waals surface area contributed by atoms with E-state index in [0.29, 0.717) is 0 Å². The minimum absolute atomic E-state index is 0.0759. The first-order valence-electron chi connectivity index (χ1n) is 4.56. The number of alkyl halides is 2. The summed E-state index contributed by atoms with van der Waals surface area (Å²) >= 11 is 2.90. The van der Waals surface area contributed by atoms with Gasteiger partial charge in [0.1, 0.15) is 5.82 Å². The molecule has 1 nitrogen and oxygen atoms in total. The van der Waals surface area contributed by atoms with Crippen molar-refractivity contribution >= 4 is 15.9 Å². The van der Waals surface area contributed by atoms with Gasteiger partial charge in [-0.05, 0) is 28.1 Å². The molecule has 0 saturated carbocycles. The molecule has 5 heteroatoms. The van der Waals surface area contributed by atoms with Gasteiger partial charge in [0.15, 0.2) is 0 Å². The van der Waals surface area contributed by atoms with E-state index in [2.05, 4.69) is 21.2 Å². The van der Waals surface area contributed by atoms with Crippen molar-refractivity contribution in [2.24, 2.45) is 5.92 Å². The Kier molecular flexibility index (Phi) is 2.77. The molecule has 15 heavy (non-hydrogen) atoms. The third-order valence-electron chi connectivity index (χ3n) is 2.60. The minimum Gasteiger partial charge on any atom is -0.316 e. The first-order chi connectivity index (χ1) is 7.03. The van der Waals surface area contributed by atoms with E-state index in [4.69, 9.17) is 0 Å². The minimum atomic E-state index is -3.10. The van der Waals surface area contributed by atoms with Crippen LogP contribution in [0.3, 0.4) is 0 Å². The van der Waals surface area contributed by atoms with E-state index in [-0.39, 0.29) is 17.6 Å². The normalized spacial score (nSPS) is 17.6. The highest BCUT2D eigenvalue weighted by Crippen LogP contribution is 2.40. The zero-order valence-corrected chi connectivity index (χ0v) is 9.32. The lowest BCUT2D eigenvalue weighted by atomic mass is 9.89. The third-order valence-corrected chi connectivity index (χ3v) is 3.22. The zero-order chi connectivity index (χ0) is 11.1. The molecule has 0 unspecified atom stereocenters. The smallest absolute Gasteiger partial charge is 0.281 e. The van der Waals surface area contributed by atoms with E-state index < -0.39 is 23.2 Å². The van der Waals surface area contributed by atoms with Crippen LogP contribution in [0.2, 0.25) is 0 Å². The topological polar surface area (TPSA) is 12.0 Å². The van der Waals surface area contributed by atoms with Gasteiger partial charge in [-0.25, -0.2) is 13.2 Å². The standard InChI is InChI=1S/C10H9BrF3N/c11-8-3-1-2-7(9(8)12)10(13,14)6-4-15-5-6/h1-3,6,15H,4-5H2. The second-order valence-corrected chi connectivity index (χ2v) is 4.43. The summed E-state index contributed by atoms with van der Waals surface area (Å²) in [6, 6.07) is 3.97. The highest BCUT2D eigenvalue weighted by molar-refractivity contribution is 9.10. The second-order valence-electron chi connectivity index (χ2n) is 3.58. The van der Waals surface area contributed by atoms with Crippen LogP contribution >= 0.6 is 15.9 Å². The van der Waals surface area contributed by atoms with Crippen molar-refractivity contribution in [1.29, 1.82) is 0 Å². The molecule has 2 rings (SSSR count). The summed E-state index contributed by atoms with van der Waals surface area (Å²) in [5.41, 5.74) is -0.525. The maximum absolute atomic E-state index is 13.7. The Hall–Kier alpha value is -0.550. The average molecular weight is 280 g/mol. The number of rotatable bonds is 2. The molecular formula is C10H9BrF3N. The van der Waals surface area contributed by atoms with Crippen molar-refractivity contribution in [3.8, 4) is 0 Å². The maximum Gasteiger partial charge on any atom is 0.281 e. The molecule has 1 aliphatic heterocycles. The first kappa shape index (κ1) is 11.0. The van der Waals surface area contributed by atoms with Crippen LogP contribution in [-0.2, 0) is 5.92 Å². The Labute approximate surface area is 93.8 Å². The molecule has 0 spiro atoms.